The Labute approximate surface area is 272 Å². The van der Waals surface area contributed by atoms with Crippen molar-refractivity contribution in [3.63, 3.8) is 0 Å². The number of nitrogens with one attached hydrogen (secondary N) is 6. The van der Waals surface area contributed by atoms with E-state index in [2.05, 4.69) is 36.7 Å². The van der Waals surface area contributed by atoms with Crippen LogP contribution in [0, 0.1) is 5.53 Å². The largest absolute Gasteiger partial charge is 0.481 e. The minimum atomic E-state index is -0.876. The molecule has 1 aromatic heterocycles. The predicted octanol–water partition coefficient (Wildman–Crippen LogP) is 4.45. The first-order valence-electron chi connectivity index (χ1n) is 17.0. The number of aromatic nitrogens is 2. The molecule has 0 atom stereocenters. The molecule has 13 nitrogen and oxygen atoms in total. The molecule has 0 bridgehead atoms. The van der Waals surface area contributed by atoms with E-state index in [0.717, 1.165) is 62.0 Å². The van der Waals surface area contributed by atoms with Crippen molar-refractivity contribution < 1.29 is 14.7 Å². The lowest BCUT2D eigenvalue weighted by atomic mass is 9.95. The maximum atomic E-state index is 12.9. The van der Waals surface area contributed by atoms with Gasteiger partial charge in [-0.05, 0) is 76.7 Å². The van der Waals surface area contributed by atoms with Crippen molar-refractivity contribution >= 4 is 34.5 Å². The smallest absolute Gasteiger partial charge is 0.303 e. The van der Waals surface area contributed by atoms with Crippen LogP contribution in [-0.4, -0.2) is 89.7 Å². The lowest BCUT2D eigenvalue weighted by molar-refractivity contribution is -0.137. The number of carboxylic acid groups (broad SMARTS) is 1. The van der Waals surface area contributed by atoms with Gasteiger partial charge < -0.3 is 36.6 Å². The Balaban J connectivity index is 1.24. The molecule has 2 aromatic rings. The molecule has 4 rings (SSSR count). The number of fused-ring (bicyclic) bond motifs is 1. The summed E-state index contributed by atoms with van der Waals surface area (Å²) in [6.07, 6.45) is 12.3. The summed E-state index contributed by atoms with van der Waals surface area (Å²) in [6.45, 7) is 4.97. The summed E-state index contributed by atoms with van der Waals surface area (Å²) >= 11 is 0. The fourth-order valence-corrected chi connectivity index (χ4v) is 6.07. The van der Waals surface area contributed by atoms with Gasteiger partial charge in [-0.15, -0.1) is 0 Å². The van der Waals surface area contributed by atoms with E-state index >= 15 is 0 Å². The van der Waals surface area contributed by atoms with Gasteiger partial charge in [-0.1, -0.05) is 31.4 Å². The highest BCUT2D eigenvalue weighted by Gasteiger charge is 2.17. The highest BCUT2D eigenvalue weighted by molar-refractivity contribution is 5.90. The van der Waals surface area contributed by atoms with Crippen molar-refractivity contribution in [2.45, 2.75) is 89.1 Å². The number of nitrogens with zero attached hydrogens (tertiary/aromatic N) is 4. The molecule has 7 N–H and O–H groups in total. The first-order chi connectivity index (χ1) is 22.5. The maximum Gasteiger partial charge on any atom is 0.303 e. The molecule has 46 heavy (non-hydrogen) atoms. The number of carboxylic acids is 1. The topological polar surface area (TPSA) is 180 Å². The van der Waals surface area contributed by atoms with Gasteiger partial charge in [0.1, 0.15) is 5.82 Å². The number of benzene rings is 1. The molecule has 252 valence electrons. The van der Waals surface area contributed by atoms with Gasteiger partial charge in [-0.3, -0.25) is 9.59 Å². The van der Waals surface area contributed by atoms with Gasteiger partial charge in [0.25, 0.3) is 0 Å². The number of amides is 1. The predicted molar refractivity (Wildman–Crippen MR) is 181 cm³/mol. The average molecular weight is 637 g/mol. The van der Waals surface area contributed by atoms with Crippen LogP contribution in [0.1, 0.15) is 77.0 Å². The van der Waals surface area contributed by atoms with E-state index in [9.17, 15) is 9.59 Å². The van der Waals surface area contributed by atoms with E-state index in [4.69, 9.17) is 15.6 Å². The van der Waals surface area contributed by atoms with Crippen LogP contribution in [0.3, 0.4) is 0 Å². The molecule has 1 amide bonds. The van der Waals surface area contributed by atoms with Gasteiger partial charge in [0.05, 0.1) is 17.8 Å². The van der Waals surface area contributed by atoms with Gasteiger partial charge in [-0.2, -0.15) is 10.1 Å². The van der Waals surface area contributed by atoms with Gasteiger partial charge in [-0.25, -0.2) is 10.5 Å². The number of hydrogen-bond donors (Lipinski definition) is 7. The van der Waals surface area contributed by atoms with Gasteiger partial charge in [0.15, 0.2) is 0 Å². The third-order valence-corrected chi connectivity index (χ3v) is 8.65. The van der Waals surface area contributed by atoms with E-state index < -0.39 is 5.97 Å². The molecule has 1 saturated heterocycles. The Morgan fingerprint density at radius 3 is 2.50 bits per heavy atom. The monoisotopic (exact) mass is 636 g/mol. The maximum absolute atomic E-state index is 12.9. The van der Waals surface area contributed by atoms with E-state index in [1.807, 2.05) is 29.2 Å². The van der Waals surface area contributed by atoms with Gasteiger partial charge >= 0.3 is 5.97 Å². The molecule has 0 spiro atoms. The molecule has 1 aliphatic heterocycles. The molecule has 2 aliphatic rings. The van der Waals surface area contributed by atoms with Crippen LogP contribution in [0.4, 0.5) is 11.8 Å². The fraction of sp³-hybridized carbons (Fsp3) is 0.636. The van der Waals surface area contributed by atoms with Crippen molar-refractivity contribution in [2.24, 2.45) is 5.11 Å². The summed E-state index contributed by atoms with van der Waals surface area (Å²) in [6, 6.07) is 8.88. The summed E-state index contributed by atoms with van der Waals surface area (Å²) in [5.74, 6) is 0.404. The van der Waals surface area contributed by atoms with Crippen LogP contribution in [0.5, 0.6) is 0 Å². The number of para-hydroxylation sites is 1. The summed E-state index contributed by atoms with van der Waals surface area (Å²) < 4.78 is 0. The Bertz CT molecular complexity index is 1280. The molecule has 1 aliphatic carbocycles. The molecular formula is C33H52N10O3. The second-order valence-corrected chi connectivity index (χ2v) is 12.3. The van der Waals surface area contributed by atoms with Crippen LogP contribution in [0.2, 0.25) is 0 Å². The fourth-order valence-electron chi connectivity index (χ4n) is 6.07. The lowest BCUT2D eigenvalue weighted by Gasteiger charge is -2.25. The van der Waals surface area contributed by atoms with E-state index in [-0.39, 0.29) is 25.3 Å². The van der Waals surface area contributed by atoms with Crippen LogP contribution in [-0.2, 0) is 9.59 Å². The number of carbonyl (C=O) groups excluding carboxylic acids is 1. The molecule has 0 unspecified atom stereocenters. The molecule has 2 fully saturated rings. The molecule has 2 heterocycles. The number of piperidine rings is 1. The minimum Gasteiger partial charge on any atom is -0.481 e. The zero-order chi connectivity index (χ0) is 32.4. The van der Waals surface area contributed by atoms with Crippen molar-refractivity contribution in [1.29, 1.82) is 5.53 Å². The van der Waals surface area contributed by atoms with Crippen LogP contribution >= 0.6 is 0 Å². The van der Waals surface area contributed by atoms with Gasteiger partial charge in [0, 0.05) is 56.1 Å². The first-order valence-corrected chi connectivity index (χ1v) is 17.0. The summed E-state index contributed by atoms with van der Waals surface area (Å²) in [5.41, 5.74) is 9.00. The number of hydrogen-bond acceptors (Lipinski definition) is 11. The zero-order valence-corrected chi connectivity index (χ0v) is 27.0. The van der Waals surface area contributed by atoms with Crippen molar-refractivity contribution in [3.05, 3.63) is 36.2 Å². The third kappa shape index (κ3) is 12.2. The highest BCUT2D eigenvalue weighted by atomic mass is 16.4. The first kappa shape index (κ1) is 35.0. The Morgan fingerprint density at radius 2 is 1.74 bits per heavy atom. The molecule has 1 saturated carbocycles. The molecular weight excluding hydrogens is 584 g/mol. The molecule has 1 aromatic carbocycles. The van der Waals surface area contributed by atoms with E-state index in [1.165, 1.54) is 32.1 Å². The second kappa shape index (κ2) is 19.6. The highest BCUT2D eigenvalue weighted by Crippen LogP contribution is 2.24. The van der Waals surface area contributed by atoms with Crippen LogP contribution in [0.25, 0.3) is 10.9 Å². The number of carbonyl (C=O) groups is 2. The van der Waals surface area contributed by atoms with Crippen LogP contribution in [0.15, 0.2) is 41.3 Å². The normalized spacial score (nSPS) is 16.2. The second-order valence-electron chi connectivity index (χ2n) is 12.3. The van der Waals surface area contributed by atoms with Crippen LogP contribution < -0.4 is 26.6 Å². The number of aliphatic carboxylic acids is 1. The summed E-state index contributed by atoms with van der Waals surface area (Å²) in [7, 11) is 0. The zero-order valence-electron chi connectivity index (χ0n) is 27.0. The quantitative estimate of drug-likeness (QED) is 0.0811. The number of rotatable bonds is 20. The minimum absolute atomic E-state index is 0.00288. The molecule has 13 heteroatoms. The average Bonchev–Trinajstić information content (AvgIpc) is 3.07. The Hall–Kier alpha value is -3.84. The van der Waals surface area contributed by atoms with Crippen molar-refractivity contribution in [1.82, 2.24) is 30.8 Å². The van der Waals surface area contributed by atoms with Gasteiger partial charge in [0.2, 0.25) is 11.9 Å². The van der Waals surface area contributed by atoms with E-state index in [0.29, 0.717) is 49.8 Å². The van der Waals surface area contributed by atoms with Crippen molar-refractivity contribution in [3.8, 4) is 0 Å². The lowest BCUT2D eigenvalue weighted by Crippen LogP contribution is -2.37. The number of anilines is 2. The summed E-state index contributed by atoms with van der Waals surface area (Å²) in [5, 5.41) is 30.7. The Kier molecular flexibility index (Phi) is 14.9. The van der Waals surface area contributed by atoms with E-state index in [1.54, 1.807) is 6.20 Å². The Morgan fingerprint density at radius 1 is 0.978 bits per heavy atom. The molecule has 0 radical (unpaired) electrons. The summed E-state index contributed by atoms with van der Waals surface area (Å²) in [4.78, 5) is 35.1. The SMILES string of the molecule is N=N/C(=C\NCCCN(CCCNC1CCCCC1)C(=O)CCCC(=O)O)CNc1nc(NC2CCNCC2)c2ccccc2n1. The van der Waals surface area contributed by atoms with Crippen molar-refractivity contribution in [2.75, 3.05) is 56.4 Å². The third-order valence-electron chi connectivity index (χ3n) is 8.65. The standard InChI is InChI=1S/C33H52N10O3/c34-42-27(24-38-33-40-29-12-5-4-11-28(29)32(41-33)39-26-15-19-35-20-16-26)23-36-17-7-21-43(30(44)13-6-14-31(45)46)22-8-18-37-25-9-2-1-3-10-25/h4-5,11-12,23,25-26,34-37H,1-3,6-10,13-22,24H2,(H,45,46)(H2,38,39,40,41)/b27-23-,42-34?.